The van der Waals surface area contributed by atoms with Crippen LogP contribution in [0.15, 0.2) is 29.4 Å². The fourth-order valence-corrected chi connectivity index (χ4v) is 1.97. The van der Waals surface area contributed by atoms with Crippen molar-refractivity contribution in [2.75, 3.05) is 6.61 Å². The minimum atomic E-state index is -0.823. The summed E-state index contributed by atoms with van der Waals surface area (Å²) in [5.41, 5.74) is 8.43. The van der Waals surface area contributed by atoms with Crippen LogP contribution in [0.1, 0.15) is 33.3 Å². The van der Waals surface area contributed by atoms with Gasteiger partial charge < -0.3 is 4.74 Å². The average molecular weight is 317 g/mol. The van der Waals surface area contributed by atoms with E-state index in [0.29, 0.717) is 6.29 Å². The molecule has 0 aliphatic carbocycles. The van der Waals surface area contributed by atoms with Gasteiger partial charge in [0.25, 0.3) is 0 Å². The highest BCUT2D eigenvalue weighted by atomic mass is 19.1. The van der Waals surface area contributed by atoms with Crippen LogP contribution in [0.3, 0.4) is 0 Å². The Kier molecular flexibility index (Phi) is 5.06. The van der Waals surface area contributed by atoms with E-state index in [-0.39, 0.29) is 35.8 Å². The molecule has 0 saturated carbocycles. The topological polar surface area (TPSA) is 110 Å². The molecule has 0 atom stereocenters. The molecule has 8 nitrogen and oxygen atoms in total. The SMILES string of the molecule is CCOC(=O)c1nn(Cc2ccccc2F)c(N=[N+]=[N-])c1C=O. The quantitative estimate of drug-likeness (QED) is 0.268. The van der Waals surface area contributed by atoms with Gasteiger partial charge in [-0.15, -0.1) is 0 Å². The van der Waals surface area contributed by atoms with Gasteiger partial charge in [-0.1, -0.05) is 18.2 Å². The van der Waals surface area contributed by atoms with Crippen molar-refractivity contribution < 1.29 is 18.7 Å². The monoisotopic (exact) mass is 317 g/mol. The molecule has 0 aliphatic rings. The van der Waals surface area contributed by atoms with Crippen molar-refractivity contribution in [3.63, 3.8) is 0 Å². The van der Waals surface area contributed by atoms with Crippen molar-refractivity contribution in [2.24, 2.45) is 5.11 Å². The molecular formula is C14H12FN5O3. The Morgan fingerprint density at radius 2 is 2.26 bits per heavy atom. The van der Waals surface area contributed by atoms with Gasteiger partial charge in [-0.3, -0.25) is 9.48 Å². The summed E-state index contributed by atoms with van der Waals surface area (Å²) in [6, 6.07) is 5.93. The van der Waals surface area contributed by atoms with Gasteiger partial charge >= 0.3 is 5.97 Å². The Balaban J connectivity index is 2.54. The standard InChI is InChI=1S/C14H12FN5O3/c1-2-23-14(22)12-10(8-21)13(17-19-16)20(18-12)7-9-5-3-4-6-11(9)15/h3-6,8H,2,7H2,1H3. The lowest BCUT2D eigenvalue weighted by Gasteiger charge is -2.05. The molecule has 0 fully saturated rings. The summed E-state index contributed by atoms with van der Waals surface area (Å²) in [5, 5.41) is 7.32. The maximum atomic E-state index is 13.8. The molecule has 2 aromatic rings. The number of carbonyl (C=O) groups is 2. The number of halogens is 1. The van der Waals surface area contributed by atoms with Gasteiger partial charge in [-0.25, -0.2) is 9.18 Å². The smallest absolute Gasteiger partial charge is 0.359 e. The van der Waals surface area contributed by atoms with E-state index in [1.54, 1.807) is 13.0 Å². The molecular weight excluding hydrogens is 305 g/mol. The molecule has 118 valence electrons. The predicted molar refractivity (Wildman–Crippen MR) is 77.9 cm³/mol. The number of azide groups is 1. The number of nitrogens with zero attached hydrogens (tertiary/aromatic N) is 5. The Labute approximate surface area is 130 Å². The van der Waals surface area contributed by atoms with Gasteiger partial charge in [0.2, 0.25) is 0 Å². The maximum absolute atomic E-state index is 13.8. The minimum absolute atomic E-state index is 0.0914. The van der Waals surface area contributed by atoms with Crippen LogP contribution in [0, 0.1) is 5.82 Å². The van der Waals surface area contributed by atoms with Gasteiger partial charge in [0.15, 0.2) is 12.0 Å². The fraction of sp³-hybridized carbons (Fsp3) is 0.214. The normalized spacial score (nSPS) is 10.0. The summed E-state index contributed by atoms with van der Waals surface area (Å²) in [5.74, 6) is -1.48. The molecule has 1 aromatic carbocycles. The van der Waals surface area contributed by atoms with Gasteiger partial charge in [-0.2, -0.15) is 5.10 Å². The van der Waals surface area contributed by atoms with E-state index in [1.165, 1.54) is 18.2 Å². The largest absolute Gasteiger partial charge is 0.461 e. The molecule has 0 unspecified atom stereocenters. The average Bonchev–Trinajstić information content (AvgIpc) is 2.88. The highest BCUT2D eigenvalue weighted by Crippen LogP contribution is 2.24. The Morgan fingerprint density at radius 3 is 2.87 bits per heavy atom. The van der Waals surface area contributed by atoms with E-state index in [4.69, 9.17) is 10.3 Å². The fourth-order valence-electron chi connectivity index (χ4n) is 1.97. The number of aromatic nitrogens is 2. The van der Waals surface area contributed by atoms with Crippen LogP contribution < -0.4 is 0 Å². The molecule has 0 saturated heterocycles. The number of benzene rings is 1. The first-order valence-electron chi connectivity index (χ1n) is 6.64. The zero-order chi connectivity index (χ0) is 16.8. The van der Waals surface area contributed by atoms with Gasteiger partial charge in [0.1, 0.15) is 11.6 Å². The summed E-state index contributed by atoms with van der Waals surface area (Å²) in [6.45, 7) is 1.58. The van der Waals surface area contributed by atoms with E-state index < -0.39 is 11.8 Å². The summed E-state index contributed by atoms with van der Waals surface area (Å²) >= 11 is 0. The first-order chi connectivity index (χ1) is 11.1. The molecule has 0 N–H and O–H groups in total. The second kappa shape index (κ2) is 7.19. The highest BCUT2D eigenvalue weighted by Gasteiger charge is 2.23. The van der Waals surface area contributed by atoms with E-state index in [1.807, 2.05) is 0 Å². The zero-order valence-corrected chi connectivity index (χ0v) is 12.1. The van der Waals surface area contributed by atoms with Crippen LogP contribution >= 0.6 is 0 Å². The predicted octanol–water partition coefficient (Wildman–Crippen LogP) is 3.00. The molecule has 0 aliphatic heterocycles. The van der Waals surface area contributed by atoms with Gasteiger partial charge in [0.05, 0.1) is 18.7 Å². The highest BCUT2D eigenvalue weighted by molar-refractivity contribution is 5.99. The van der Waals surface area contributed by atoms with Crippen molar-refractivity contribution >= 4 is 18.1 Å². The Hall–Kier alpha value is -3.19. The van der Waals surface area contributed by atoms with Crippen LogP contribution in [0.2, 0.25) is 0 Å². The first-order valence-corrected chi connectivity index (χ1v) is 6.64. The molecule has 0 amide bonds. The van der Waals surface area contributed by atoms with Gasteiger partial charge in [0, 0.05) is 10.5 Å². The molecule has 1 heterocycles. The van der Waals surface area contributed by atoms with Crippen LogP contribution in [-0.2, 0) is 11.3 Å². The summed E-state index contributed by atoms with van der Waals surface area (Å²) in [4.78, 5) is 25.7. The molecule has 1 aromatic heterocycles. The molecule has 23 heavy (non-hydrogen) atoms. The van der Waals surface area contributed by atoms with E-state index in [0.717, 1.165) is 4.68 Å². The third-order valence-corrected chi connectivity index (χ3v) is 2.97. The van der Waals surface area contributed by atoms with E-state index in [2.05, 4.69) is 15.1 Å². The lowest BCUT2D eigenvalue weighted by atomic mass is 10.2. The third kappa shape index (κ3) is 3.35. The molecule has 0 spiro atoms. The first kappa shape index (κ1) is 16.2. The number of hydrogen-bond donors (Lipinski definition) is 0. The zero-order valence-electron chi connectivity index (χ0n) is 12.1. The lowest BCUT2D eigenvalue weighted by molar-refractivity contribution is 0.0516. The van der Waals surface area contributed by atoms with Crippen LogP contribution in [-0.4, -0.2) is 28.6 Å². The minimum Gasteiger partial charge on any atom is -0.461 e. The molecule has 2 rings (SSSR count). The number of hydrogen-bond acceptors (Lipinski definition) is 5. The van der Waals surface area contributed by atoms with Crippen molar-refractivity contribution in [2.45, 2.75) is 13.5 Å². The number of esters is 1. The van der Waals surface area contributed by atoms with E-state index in [9.17, 15) is 14.0 Å². The molecule has 9 heteroatoms. The van der Waals surface area contributed by atoms with Crippen molar-refractivity contribution in [1.29, 1.82) is 0 Å². The Bertz CT molecular complexity index is 796. The lowest BCUT2D eigenvalue weighted by Crippen LogP contribution is -2.09. The summed E-state index contributed by atoms with van der Waals surface area (Å²) in [7, 11) is 0. The number of carbonyl (C=O) groups excluding carboxylic acids is 2. The van der Waals surface area contributed by atoms with Crippen molar-refractivity contribution in [3.8, 4) is 0 Å². The van der Waals surface area contributed by atoms with Crippen LogP contribution in [0.4, 0.5) is 10.2 Å². The summed E-state index contributed by atoms with van der Waals surface area (Å²) < 4.78 is 19.7. The molecule has 0 bridgehead atoms. The number of ether oxygens (including phenoxy) is 1. The van der Waals surface area contributed by atoms with Gasteiger partial charge in [-0.05, 0) is 23.6 Å². The maximum Gasteiger partial charge on any atom is 0.359 e. The number of rotatable bonds is 6. The van der Waals surface area contributed by atoms with Crippen molar-refractivity contribution in [1.82, 2.24) is 9.78 Å². The third-order valence-electron chi connectivity index (χ3n) is 2.97. The Morgan fingerprint density at radius 1 is 1.52 bits per heavy atom. The van der Waals surface area contributed by atoms with Crippen molar-refractivity contribution in [3.05, 3.63) is 57.3 Å². The molecule has 0 radical (unpaired) electrons. The van der Waals surface area contributed by atoms with Crippen LogP contribution in [0.5, 0.6) is 0 Å². The number of aldehydes is 1. The second-order valence-electron chi connectivity index (χ2n) is 4.36. The van der Waals surface area contributed by atoms with Crippen LogP contribution in [0.25, 0.3) is 10.4 Å². The van der Waals surface area contributed by atoms with E-state index >= 15 is 0 Å². The summed E-state index contributed by atoms with van der Waals surface area (Å²) in [6.07, 6.45) is 0.348. The second-order valence-corrected chi connectivity index (χ2v) is 4.36.